The minimum Gasteiger partial charge on any atom is -0.496 e. The Morgan fingerprint density at radius 1 is 1.21 bits per heavy atom. The lowest BCUT2D eigenvalue weighted by atomic mass is 10.0. The van der Waals surface area contributed by atoms with Gasteiger partial charge in [-0.1, -0.05) is 12.1 Å². The van der Waals surface area contributed by atoms with Gasteiger partial charge >= 0.3 is 6.18 Å². The Bertz CT molecular complexity index is 554. The topological polar surface area (TPSA) is 24.5 Å². The first kappa shape index (κ1) is 17.5. The third-order valence-corrected chi connectivity index (χ3v) is 5.18. The normalized spacial score (nSPS) is 22.6. The maximum Gasteiger partial charge on any atom is 0.390 e. The second-order valence-corrected chi connectivity index (χ2v) is 6.77. The van der Waals surface area contributed by atoms with Crippen molar-refractivity contribution in [3.8, 4) is 5.75 Å². The maximum absolute atomic E-state index is 12.3. The molecule has 1 aromatic carbocycles. The number of hydrogen-bond donors (Lipinski definition) is 1. The molecule has 134 valence electrons. The number of alkyl halides is 3. The number of nitrogens with one attached hydrogen (secondary N) is 1. The molecule has 0 bridgehead atoms. The molecule has 1 saturated heterocycles. The molecule has 1 aromatic rings. The second-order valence-electron chi connectivity index (χ2n) is 6.77. The lowest BCUT2D eigenvalue weighted by Gasteiger charge is -2.34. The van der Waals surface area contributed by atoms with Gasteiger partial charge in [0.25, 0.3) is 0 Å². The molecule has 1 N–H and O–H groups in total. The van der Waals surface area contributed by atoms with Crippen LogP contribution < -0.4 is 10.1 Å². The van der Waals surface area contributed by atoms with Crippen LogP contribution in [0.1, 0.15) is 42.9 Å². The van der Waals surface area contributed by atoms with Gasteiger partial charge in [-0.3, -0.25) is 0 Å². The van der Waals surface area contributed by atoms with E-state index < -0.39 is 12.6 Å². The number of nitrogens with zero attached hydrogens (tertiary/aromatic N) is 1. The predicted molar refractivity (Wildman–Crippen MR) is 87.3 cm³/mol. The van der Waals surface area contributed by atoms with Crippen molar-refractivity contribution in [1.82, 2.24) is 10.2 Å². The largest absolute Gasteiger partial charge is 0.496 e. The lowest BCUT2D eigenvalue weighted by Crippen LogP contribution is -2.44. The van der Waals surface area contributed by atoms with E-state index >= 15 is 0 Å². The van der Waals surface area contributed by atoms with E-state index in [1.165, 1.54) is 11.1 Å². The second kappa shape index (κ2) is 7.31. The molecule has 3 nitrogen and oxygen atoms in total. The van der Waals surface area contributed by atoms with Gasteiger partial charge < -0.3 is 15.0 Å². The van der Waals surface area contributed by atoms with E-state index in [-0.39, 0.29) is 6.54 Å². The summed E-state index contributed by atoms with van der Waals surface area (Å²) >= 11 is 0. The van der Waals surface area contributed by atoms with Crippen molar-refractivity contribution in [1.29, 1.82) is 0 Å². The number of piperidine rings is 1. The molecule has 0 spiro atoms. The molecule has 24 heavy (non-hydrogen) atoms. The van der Waals surface area contributed by atoms with Crippen LogP contribution in [0.25, 0.3) is 0 Å². The molecule has 1 unspecified atom stereocenters. The number of halogens is 3. The molecule has 3 rings (SSSR count). The zero-order chi connectivity index (χ0) is 17.2. The Labute approximate surface area is 141 Å². The highest BCUT2D eigenvalue weighted by Gasteiger charge is 2.31. The van der Waals surface area contributed by atoms with Gasteiger partial charge in [0.1, 0.15) is 5.75 Å². The van der Waals surface area contributed by atoms with Crippen LogP contribution in [0.2, 0.25) is 0 Å². The van der Waals surface area contributed by atoms with Gasteiger partial charge in [-0.2, -0.15) is 13.2 Å². The SMILES string of the molecule is COc1cccc2c1CCC2NC1CCN(CCC(F)(F)F)CC1. The zero-order valence-electron chi connectivity index (χ0n) is 14.0. The van der Waals surface area contributed by atoms with E-state index in [1.54, 1.807) is 7.11 Å². The molecule has 0 saturated carbocycles. The maximum atomic E-state index is 12.3. The van der Waals surface area contributed by atoms with Crippen molar-refractivity contribution < 1.29 is 17.9 Å². The quantitative estimate of drug-likeness (QED) is 0.883. The molecule has 0 radical (unpaired) electrons. The molecule has 0 aromatic heterocycles. The van der Waals surface area contributed by atoms with Gasteiger partial charge in [0, 0.05) is 18.6 Å². The van der Waals surface area contributed by atoms with Crippen molar-refractivity contribution >= 4 is 0 Å². The third kappa shape index (κ3) is 4.22. The average molecular weight is 342 g/mol. The third-order valence-electron chi connectivity index (χ3n) is 5.18. The van der Waals surface area contributed by atoms with Crippen molar-refractivity contribution in [3.05, 3.63) is 29.3 Å². The minimum absolute atomic E-state index is 0.125. The number of ether oxygens (including phenoxy) is 1. The van der Waals surface area contributed by atoms with E-state index in [4.69, 9.17) is 4.74 Å². The first-order chi connectivity index (χ1) is 11.5. The van der Waals surface area contributed by atoms with Crippen molar-refractivity contribution in [2.24, 2.45) is 0 Å². The zero-order valence-corrected chi connectivity index (χ0v) is 14.0. The summed E-state index contributed by atoms with van der Waals surface area (Å²) in [6.45, 7) is 1.61. The average Bonchev–Trinajstić information content (AvgIpc) is 2.96. The molecular formula is C18H25F3N2O. The van der Waals surface area contributed by atoms with Crippen LogP contribution in [-0.2, 0) is 6.42 Å². The number of hydrogen-bond acceptors (Lipinski definition) is 3. The monoisotopic (exact) mass is 342 g/mol. The van der Waals surface area contributed by atoms with Crippen LogP contribution in [0.15, 0.2) is 18.2 Å². The van der Waals surface area contributed by atoms with E-state index in [0.717, 1.165) is 44.5 Å². The van der Waals surface area contributed by atoms with Crippen LogP contribution in [-0.4, -0.2) is 43.9 Å². The summed E-state index contributed by atoms with van der Waals surface area (Å²) in [4.78, 5) is 1.93. The Morgan fingerprint density at radius 2 is 1.96 bits per heavy atom. The number of rotatable bonds is 5. The number of likely N-dealkylation sites (tertiary alicyclic amines) is 1. The summed E-state index contributed by atoms with van der Waals surface area (Å²) < 4.78 is 42.4. The standard InChI is InChI=1S/C18H25F3N2O/c1-24-17-4-2-3-14-15(17)5-6-16(14)22-13-7-10-23(11-8-13)12-9-18(19,20)21/h2-4,13,16,22H,5-12H2,1H3. The molecular weight excluding hydrogens is 317 g/mol. The lowest BCUT2D eigenvalue weighted by molar-refractivity contribution is -0.138. The van der Waals surface area contributed by atoms with E-state index in [1.807, 2.05) is 17.0 Å². The summed E-state index contributed by atoms with van der Waals surface area (Å²) in [6.07, 6.45) is -0.866. The van der Waals surface area contributed by atoms with Crippen molar-refractivity contribution in [3.63, 3.8) is 0 Å². The number of fused-ring (bicyclic) bond motifs is 1. The molecule has 1 atom stereocenters. The van der Waals surface area contributed by atoms with Gasteiger partial charge in [-0.25, -0.2) is 0 Å². The van der Waals surface area contributed by atoms with Crippen LogP contribution in [0.4, 0.5) is 13.2 Å². The first-order valence-corrected chi connectivity index (χ1v) is 8.67. The van der Waals surface area contributed by atoms with Crippen LogP contribution in [0.5, 0.6) is 5.75 Å². The van der Waals surface area contributed by atoms with Crippen molar-refractivity contribution in [2.45, 2.75) is 50.4 Å². The van der Waals surface area contributed by atoms with Gasteiger partial charge in [-0.05, 0) is 56.0 Å². The molecule has 1 heterocycles. The number of benzene rings is 1. The van der Waals surface area contributed by atoms with E-state index in [0.29, 0.717) is 12.1 Å². The molecule has 1 aliphatic carbocycles. The Hall–Kier alpha value is -1.27. The minimum atomic E-state index is -4.05. The summed E-state index contributed by atoms with van der Waals surface area (Å²) in [7, 11) is 1.70. The molecule has 2 aliphatic rings. The predicted octanol–water partition coefficient (Wildman–Crippen LogP) is 3.69. The Balaban J connectivity index is 1.50. The highest BCUT2D eigenvalue weighted by molar-refractivity contribution is 5.45. The summed E-state index contributed by atoms with van der Waals surface area (Å²) in [5.41, 5.74) is 2.61. The van der Waals surface area contributed by atoms with Crippen LogP contribution >= 0.6 is 0 Å². The van der Waals surface area contributed by atoms with E-state index in [2.05, 4.69) is 11.4 Å². The summed E-state index contributed by atoms with van der Waals surface area (Å²) in [5, 5.41) is 3.71. The fraction of sp³-hybridized carbons (Fsp3) is 0.667. The Kier molecular flexibility index (Phi) is 5.35. The molecule has 1 fully saturated rings. The van der Waals surface area contributed by atoms with Crippen LogP contribution in [0.3, 0.4) is 0 Å². The van der Waals surface area contributed by atoms with Gasteiger partial charge in [-0.15, -0.1) is 0 Å². The first-order valence-electron chi connectivity index (χ1n) is 8.67. The van der Waals surface area contributed by atoms with Gasteiger partial charge in [0.05, 0.1) is 13.5 Å². The number of methoxy groups -OCH3 is 1. The van der Waals surface area contributed by atoms with E-state index in [9.17, 15) is 13.2 Å². The summed E-state index contributed by atoms with van der Waals surface area (Å²) in [5.74, 6) is 0.957. The fourth-order valence-corrected chi connectivity index (χ4v) is 3.88. The highest BCUT2D eigenvalue weighted by Crippen LogP contribution is 2.37. The van der Waals surface area contributed by atoms with Gasteiger partial charge in [0.2, 0.25) is 0 Å². The molecule has 0 amide bonds. The molecule has 6 heteroatoms. The van der Waals surface area contributed by atoms with Gasteiger partial charge in [0.15, 0.2) is 0 Å². The van der Waals surface area contributed by atoms with Crippen LogP contribution in [0, 0.1) is 0 Å². The molecule has 1 aliphatic heterocycles. The highest BCUT2D eigenvalue weighted by atomic mass is 19.4. The van der Waals surface area contributed by atoms with Crippen molar-refractivity contribution in [2.75, 3.05) is 26.7 Å². The smallest absolute Gasteiger partial charge is 0.390 e. The fourth-order valence-electron chi connectivity index (χ4n) is 3.88. The Morgan fingerprint density at radius 3 is 2.62 bits per heavy atom. The summed E-state index contributed by atoms with van der Waals surface area (Å²) in [6, 6.07) is 6.90.